The Hall–Kier alpha value is -0.810. The fourth-order valence-electron chi connectivity index (χ4n) is 1.99. The van der Waals surface area contributed by atoms with Gasteiger partial charge in [0.05, 0.1) is 5.92 Å². The smallest absolute Gasteiger partial charge is 0.301 e. The quantitative estimate of drug-likeness (QED) is 0.593. The molecule has 0 aromatic carbocycles. The molecule has 2 aliphatic rings. The van der Waals surface area contributed by atoms with Crippen molar-refractivity contribution in [1.29, 1.82) is 0 Å². The molecule has 2 aliphatic heterocycles. The summed E-state index contributed by atoms with van der Waals surface area (Å²) in [6.07, 6.45) is 0. The topological polar surface area (TPSA) is 56.5 Å². The molecule has 0 spiro atoms. The van der Waals surface area contributed by atoms with Gasteiger partial charge in [-0.2, -0.15) is 8.42 Å². The molecule has 2 unspecified atom stereocenters. The van der Waals surface area contributed by atoms with E-state index in [2.05, 4.69) is 0 Å². The van der Waals surface area contributed by atoms with E-state index in [1.54, 1.807) is 13.0 Å². The predicted molar refractivity (Wildman–Crippen MR) is 42.7 cm³/mol. The second-order valence-corrected chi connectivity index (χ2v) is 5.22. The number of rotatable bonds is 0. The van der Waals surface area contributed by atoms with E-state index in [0.717, 1.165) is 0 Å². The third-order valence-corrected chi connectivity index (χ3v) is 4.38. The number of fused-ring (bicyclic) bond motifs is 1. The number of hydrogen-bond donors (Lipinski definition) is 0. The highest BCUT2D eigenvalue weighted by Gasteiger charge is 2.58. The Labute approximate surface area is 75.6 Å². The average molecular weight is 200 g/mol. The highest BCUT2D eigenvalue weighted by atomic mass is 32.2. The Morgan fingerprint density at radius 2 is 2.23 bits per heavy atom. The first-order chi connectivity index (χ1) is 5.95. The average Bonchev–Trinajstić information content (AvgIpc) is 2.55. The third-order valence-electron chi connectivity index (χ3n) is 2.97. The van der Waals surface area contributed by atoms with Gasteiger partial charge in [0.25, 0.3) is 0 Å². The van der Waals surface area contributed by atoms with Crippen LogP contribution in [0.4, 0.5) is 0 Å². The highest BCUT2D eigenvalue weighted by molar-refractivity contribution is 7.87. The molecule has 3 rings (SSSR count). The zero-order valence-corrected chi connectivity index (χ0v) is 8.01. The van der Waals surface area contributed by atoms with Crippen molar-refractivity contribution >= 4 is 10.1 Å². The molecule has 13 heavy (non-hydrogen) atoms. The van der Waals surface area contributed by atoms with Gasteiger partial charge in [0, 0.05) is 6.07 Å². The minimum atomic E-state index is -3.54. The molecule has 2 atom stereocenters. The summed E-state index contributed by atoms with van der Waals surface area (Å²) in [5, 5.41) is 0. The highest BCUT2D eigenvalue weighted by Crippen LogP contribution is 2.56. The molecule has 0 saturated carbocycles. The summed E-state index contributed by atoms with van der Waals surface area (Å²) in [7, 11) is -3.54. The van der Waals surface area contributed by atoms with Crippen LogP contribution in [-0.4, -0.2) is 8.42 Å². The first-order valence-electron chi connectivity index (χ1n) is 4.05. The maximum atomic E-state index is 11.4. The largest absolute Gasteiger partial charge is 0.461 e. The third kappa shape index (κ3) is 0.615. The lowest BCUT2D eigenvalue weighted by atomic mass is 9.86. The van der Waals surface area contributed by atoms with Crippen LogP contribution in [0.1, 0.15) is 31.3 Å². The molecule has 0 aliphatic carbocycles. The Bertz CT molecular complexity index is 498. The molecule has 4 nitrogen and oxygen atoms in total. The Balaban J connectivity index is 2.44. The number of furan rings is 1. The van der Waals surface area contributed by atoms with E-state index in [9.17, 15) is 8.42 Å². The molecule has 2 bridgehead atoms. The molecule has 0 fully saturated rings. The molecule has 0 radical (unpaired) electrons. The van der Waals surface area contributed by atoms with Gasteiger partial charge >= 0.3 is 10.1 Å². The first-order valence-corrected chi connectivity index (χ1v) is 5.46. The van der Waals surface area contributed by atoms with E-state index in [1.165, 1.54) is 0 Å². The van der Waals surface area contributed by atoms with Gasteiger partial charge in [0.1, 0.15) is 10.7 Å². The van der Waals surface area contributed by atoms with Gasteiger partial charge in [-0.1, -0.05) is 6.92 Å². The normalized spacial score (nSPS) is 38.5. The lowest BCUT2D eigenvalue weighted by molar-refractivity contribution is 0.0844. The van der Waals surface area contributed by atoms with Gasteiger partial charge in [0.15, 0.2) is 11.4 Å². The minimum absolute atomic E-state index is 0.0106. The molecule has 0 saturated heterocycles. The molecular weight excluding hydrogens is 192 g/mol. The summed E-state index contributed by atoms with van der Waals surface area (Å²) in [6, 6.07) is 1.56. The molecule has 5 heteroatoms. The van der Waals surface area contributed by atoms with E-state index in [4.69, 9.17) is 8.60 Å². The van der Waals surface area contributed by atoms with Crippen molar-refractivity contribution in [2.75, 3.05) is 0 Å². The zero-order chi connectivity index (χ0) is 9.43. The van der Waals surface area contributed by atoms with Crippen LogP contribution in [-0.2, 0) is 19.9 Å². The van der Waals surface area contributed by atoms with Gasteiger partial charge in [-0.15, -0.1) is 0 Å². The minimum Gasteiger partial charge on any atom is -0.461 e. The van der Waals surface area contributed by atoms with Crippen LogP contribution in [0.3, 0.4) is 0 Å². The van der Waals surface area contributed by atoms with Crippen LogP contribution < -0.4 is 0 Å². The van der Waals surface area contributed by atoms with Crippen LogP contribution in [0.2, 0.25) is 0 Å². The summed E-state index contributed by atoms with van der Waals surface area (Å²) in [5.74, 6) is 1.16. The Kier molecular flexibility index (Phi) is 0.988. The second-order valence-electron chi connectivity index (χ2n) is 3.71. The van der Waals surface area contributed by atoms with Gasteiger partial charge in [-0.3, -0.25) is 4.18 Å². The van der Waals surface area contributed by atoms with Crippen LogP contribution in [0, 0.1) is 0 Å². The molecule has 1 aromatic rings. The van der Waals surface area contributed by atoms with Gasteiger partial charge < -0.3 is 4.42 Å². The van der Waals surface area contributed by atoms with Gasteiger partial charge in [0.2, 0.25) is 0 Å². The number of hydrogen-bond acceptors (Lipinski definition) is 4. The van der Waals surface area contributed by atoms with E-state index in [0.29, 0.717) is 11.5 Å². The van der Waals surface area contributed by atoms with Crippen molar-refractivity contribution in [1.82, 2.24) is 0 Å². The Morgan fingerprint density at radius 3 is 2.77 bits per heavy atom. The maximum Gasteiger partial charge on any atom is 0.301 e. The van der Waals surface area contributed by atoms with Crippen molar-refractivity contribution in [2.45, 2.75) is 30.3 Å². The van der Waals surface area contributed by atoms with Crippen LogP contribution >= 0.6 is 0 Å². The molecule has 0 N–H and O–H groups in total. The van der Waals surface area contributed by atoms with Gasteiger partial charge in [-0.25, -0.2) is 0 Å². The van der Waals surface area contributed by atoms with Crippen LogP contribution in [0.5, 0.6) is 0 Å². The lowest BCUT2D eigenvalue weighted by Gasteiger charge is -2.20. The summed E-state index contributed by atoms with van der Waals surface area (Å²) in [4.78, 5) is 0.211. The van der Waals surface area contributed by atoms with Crippen molar-refractivity contribution in [3.63, 3.8) is 0 Å². The van der Waals surface area contributed by atoms with E-state index >= 15 is 0 Å². The zero-order valence-electron chi connectivity index (χ0n) is 7.20. The summed E-state index contributed by atoms with van der Waals surface area (Å²) in [6.45, 7) is 3.65. The summed E-state index contributed by atoms with van der Waals surface area (Å²) < 4.78 is 33.2. The standard InChI is InChI=1S/C8H8O4S/c1-4-5-3-6-7(11-5)8(4,2)12-13(6,9)10/h3-4H,1-2H3. The summed E-state index contributed by atoms with van der Waals surface area (Å²) in [5.41, 5.74) is -0.780. The molecule has 0 amide bonds. The fraction of sp³-hybridized carbons (Fsp3) is 0.500. The van der Waals surface area contributed by atoms with Crippen LogP contribution in [0.25, 0.3) is 0 Å². The fourth-order valence-corrected chi connectivity index (χ4v) is 3.49. The van der Waals surface area contributed by atoms with Crippen molar-refractivity contribution in [3.05, 3.63) is 17.6 Å². The van der Waals surface area contributed by atoms with Crippen molar-refractivity contribution in [3.8, 4) is 0 Å². The van der Waals surface area contributed by atoms with Crippen molar-refractivity contribution in [2.24, 2.45) is 0 Å². The molecule has 70 valence electrons. The second kappa shape index (κ2) is 1.69. The van der Waals surface area contributed by atoms with E-state index in [-0.39, 0.29) is 10.8 Å². The SMILES string of the molecule is CC1c2cc3c(o2)C1(C)OS3(=O)=O. The Morgan fingerprint density at radius 1 is 1.54 bits per heavy atom. The maximum absolute atomic E-state index is 11.4. The van der Waals surface area contributed by atoms with Crippen molar-refractivity contribution < 1.29 is 17.0 Å². The van der Waals surface area contributed by atoms with Gasteiger partial charge in [-0.05, 0) is 6.92 Å². The monoisotopic (exact) mass is 200 g/mol. The van der Waals surface area contributed by atoms with E-state index < -0.39 is 15.7 Å². The predicted octanol–water partition coefficient (Wildman–Crippen LogP) is 1.33. The molecule has 1 aromatic heterocycles. The van der Waals surface area contributed by atoms with Crippen LogP contribution in [0.15, 0.2) is 15.4 Å². The van der Waals surface area contributed by atoms with E-state index in [1.807, 2.05) is 6.92 Å². The molecular formula is C8H8O4S. The molecule has 3 heterocycles. The lowest BCUT2D eigenvalue weighted by Crippen LogP contribution is -2.25. The summed E-state index contributed by atoms with van der Waals surface area (Å²) >= 11 is 0. The first kappa shape index (κ1) is 7.58.